The lowest BCUT2D eigenvalue weighted by molar-refractivity contribution is 0.583. The summed E-state index contributed by atoms with van der Waals surface area (Å²) >= 11 is 5.84. The highest BCUT2D eigenvalue weighted by Crippen LogP contribution is 2.15. The molecule has 0 bridgehead atoms. The molecule has 0 saturated carbocycles. The highest BCUT2D eigenvalue weighted by atomic mass is 35.5. The van der Waals surface area contributed by atoms with Gasteiger partial charge in [-0.15, -0.1) is 0 Å². The lowest BCUT2D eigenvalue weighted by Gasteiger charge is -2.10. The molecule has 140 valence electrons. The minimum absolute atomic E-state index is 0.124. The lowest BCUT2D eigenvalue weighted by Crippen LogP contribution is -2.29. The van der Waals surface area contributed by atoms with Crippen LogP contribution in [0.2, 0.25) is 5.02 Å². The largest absolute Gasteiger partial charge is 0.369 e. The maximum atomic E-state index is 12.2. The molecule has 0 saturated heterocycles. The molecule has 8 nitrogen and oxygen atoms in total. The van der Waals surface area contributed by atoms with Crippen molar-refractivity contribution in [2.45, 2.75) is 4.90 Å². The molecule has 0 amide bonds. The number of hydrogen-bond acceptors (Lipinski definition) is 7. The first-order valence-corrected chi connectivity index (χ1v) is 9.88. The molecule has 3 N–H and O–H groups in total. The zero-order valence-corrected chi connectivity index (χ0v) is 15.7. The van der Waals surface area contributed by atoms with Crippen molar-refractivity contribution >= 4 is 39.1 Å². The second kappa shape index (κ2) is 8.76. The van der Waals surface area contributed by atoms with E-state index < -0.39 is 10.0 Å². The van der Waals surface area contributed by atoms with Crippen LogP contribution in [0.3, 0.4) is 0 Å². The van der Waals surface area contributed by atoms with Crippen LogP contribution in [-0.4, -0.2) is 36.5 Å². The number of hydrogen-bond donors (Lipinski definition) is 3. The lowest BCUT2D eigenvalue weighted by atomic mass is 10.4. The van der Waals surface area contributed by atoms with E-state index in [-0.39, 0.29) is 11.4 Å². The van der Waals surface area contributed by atoms with Crippen molar-refractivity contribution in [2.24, 2.45) is 0 Å². The zero-order valence-electron chi connectivity index (χ0n) is 14.1. The Balaban J connectivity index is 1.53. The Bertz CT molecular complexity index is 1000. The average Bonchev–Trinajstić information content (AvgIpc) is 2.66. The first-order valence-electron chi connectivity index (χ1n) is 8.02. The Morgan fingerprint density at radius 2 is 1.74 bits per heavy atom. The molecule has 10 heteroatoms. The quantitative estimate of drug-likeness (QED) is 0.495. The van der Waals surface area contributed by atoms with Gasteiger partial charge >= 0.3 is 0 Å². The van der Waals surface area contributed by atoms with Crippen molar-refractivity contribution in [2.75, 3.05) is 23.7 Å². The highest BCUT2D eigenvalue weighted by molar-refractivity contribution is 7.89. The third kappa shape index (κ3) is 5.61. The summed E-state index contributed by atoms with van der Waals surface area (Å²) in [5.74, 6) is 1.80. The number of nitrogens with zero attached hydrogens (tertiary/aromatic N) is 3. The third-order valence-electron chi connectivity index (χ3n) is 3.42. The number of pyridine rings is 1. The fourth-order valence-corrected chi connectivity index (χ4v) is 3.52. The predicted molar refractivity (Wildman–Crippen MR) is 105 cm³/mol. The Labute approximate surface area is 162 Å². The number of nitrogens with one attached hydrogen (secondary N) is 3. The van der Waals surface area contributed by atoms with E-state index in [9.17, 15) is 8.42 Å². The van der Waals surface area contributed by atoms with Crippen molar-refractivity contribution in [3.05, 3.63) is 66.1 Å². The molecule has 0 atom stereocenters. The van der Waals surface area contributed by atoms with Crippen LogP contribution < -0.4 is 15.4 Å². The van der Waals surface area contributed by atoms with Gasteiger partial charge in [-0.25, -0.2) is 28.1 Å². The van der Waals surface area contributed by atoms with Crippen LogP contribution in [0, 0.1) is 0 Å². The van der Waals surface area contributed by atoms with Crippen LogP contribution in [-0.2, 0) is 10.0 Å². The second-order valence-corrected chi connectivity index (χ2v) is 7.61. The molecule has 3 aromatic rings. The maximum Gasteiger partial charge on any atom is 0.240 e. The van der Waals surface area contributed by atoms with Crippen molar-refractivity contribution in [3.63, 3.8) is 0 Å². The Morgan fingerprint density at radius 1 is 0.889 bits per heavy atom. The molecule has 0 aliphatic heterocycles. The minimum atomic E-state index is -3.61. The molecule has 2 heterocycles. The fourth-order valence-electron chi connectivity index (χ4n) is 2.18. The molecule has 3 rings (SSSR count). The van der Waals surface area contributed by atoms with Crippen molar-refractivity contribution in [3.8, 4) is 0 Å². The SMILES string of the molecule is O=S(=O)(NCCNc1cc(Nc2ccccn2)ncn1)c1cccc(Cl)c1. The number of aromatic nitrogens is 3. The molecule has 2 aromatic heterocycles. The van der Waals surface area contributed by atoms with Crippen molar-refractivity contribution in [1.82, 2.24) is 19.7 Å². The van der Waals surface area contributed by atoms with Crippen LogP contribution in [0.1, 0.15) is 0 Å². The molecule has 0 aliphatic carbocycles. The van der Waals surface area contributed by atoms with Crippen LogP contribution >= 0.6 is 11.6 Å². The van der Waals surface area contributed by atoms with Crippen LogP contribution in [0.5, 0.6) is 0 Å². The van der Waals surface area contributed by atoms with Gasteiger partial charge in [0.25, 0.3) is 0 Å². The van der Waals surface area contributed by atoms with E-state index in [0.717, 1.165) is 0 Å². The Morgan fingerprint density at radius 3 is 2.52 bits per heavy atom. The maximum absolute atomic E-state index is 12.2. The molecule has 0 spiro atoms. The normalized spacial score (nSPS) is 11.1. The molecular formula is C17H17ClN6O2S. The topological polar surface area (TPSA) is 109 Å². The molecule has 0 unspecified atom stereocenters. The van der Waals surface area contributed by atoms with Crippen LogP contribution in [0.4, 0.5) is 17.5 Å². The third-order valence-corrected chi connectivity index (χ3v) is 5.11. The van der Waals surface area contributed by atoms with Crippen LogP contribution in [0.15, 0.2) is 66.0 Å². The summed E-state index contributed by atoms with van der Waals surface area (Å²) < 4.78 is 26.9. The molecule has 0 fully saturated rings. The standard InChI is InChI=1S/C17H17ClN6O2S/c18-13-4-3-5-14(10-13)27(25,26)23-9-8-20-16-11-17(22-12-21-16)24-15-6-1-2-7-19-15/h1-7,10-12,23H,8-9H2,(H2,19,20,21,22,24). The van der Waals surface area contributed by atoms with Gasteiger partial charge in [0, 0.05) is 30.4 Å². The number of halogens is 1. The van der Waals surface area contributed by atoms with Gasteiger partial charge < -0.3 is 10.6 Å². The average molecular weight is 405 g/mol. The molecule has 0 aliphatic rings. The molecular weight excluding hydrogens is 388 g/mol. The molecule has 0 radical (unpaired) electrons. The fraction of sp³-hybridized carbons (Fsp3) is 0.118. The summed E-state index contributed by atoms with van der Waals surface area (Å²) in [6, 6.07) is 13.3. The summed E-state index contributed by atoms with van der Waals surface area (Å²) in [4.78, 5) is 12.5. The first-order chi connectivity index (χ1) is 13.0. The molecule has 27 heavy (non-hydrogen) atoms. The number of benzene rings is 1. The van der Waals surface area contributed by atoms with Gasteiger partial charge in [-0.1, -0.05) is 23.7 Å². The van der Waals surface area contributed by atoms with Crippen molar-refractivity contribution < 1.29 is 8.42 Å². The monoisotopic (exact) mass is 404 g/mol. The predicted octanol–water partition coefficient (Wildman–Crippen LogP) is 2.66. The summed E-state index contributed by atoms with van der Waals surface area (Å²) in [6.07, 6.45) is 3.08. The minimum Gasteiger partial charge on any atom is -0.369 e. The van der Waals surface area contributed by atoms with E-state index in [4.69, 9.17) is 11.6 Å². The van der Waals surface area contributed by atoms with Gasteiger partial charge in [0.1, 0.15) is 23.8 Å². The van der Waals surface area contributed by atoms with E-state index in [1.54, 1.807) is 24.4 Å². The van der Waals surface area contributed by atoms with Crippen molar-refractivity contribution in [1.29, 1.82) is 0 Å². The summed E-state index contributed by atoms with van der Waals surface area (Å²) in [5.41, 5.74) is 0. The summed E-state index contributed by atoms with van der Waals surface area (Å²) in [7, 11) is -3.61. The van der Waals surface area contributed by atoms with Gasteiger partial charge in [0.2, 0.25) is 10.0 Å². The summed E-state index contributed by atoms with van der Waals surface area (Å²) in [6.45, 7) is 0.529. The second-order valence-electron chi connectivity index (χ2n) is 5.41. The van der Waals surface area contributed by atoms with E-state index in [0.29, 0.717) is 29.0 Å². The summed E-state index contributed by atoms with van der Waals surface area (Å²) in [5, 5.41) is 6.47. The van der Waals surface area contributed by atoms with E-state index in [2.05, 4.69) is 30.3 Å². The number of sulfonamides is 1. The Hall–Kier alpha value is -2.75. The van der Waals surface area contributed by atoms with E-state index >= 15 is 0 Å². The Kier molecular flexibility index (Phi) is 6.17. The molecule has 1 aromatic carbocycles. The highest BCUT2D eigenvalue weighted by Gasteiger charge is 2.13. The van der Waals surface area contributed by atoms with Gasteiger partial charge in [0.05, 0.1) is 4.90 Å². The smallest absolute Gasteiger partial charge is 0.240 e. The van der Waals surface area contributed by atoms with Gasteiger partial charge in [0.15, 0.2) is 0 Å². The van der Waals surface area contributed by atoms with Crippen LogP contribution in [0.25, 0.3) is 0 Å². The van der Waals surface area contributed by atoms with Gasteiger partial charge in [-0.3, -0.25) is 0 Å². The van der Waals surface area contributed by atoms with Gasteiger partial charge in [-0.05, 0) is 30.3 Å². The zero-order chi connectivity index (χ0) is 19.1. The van der Waals surface area contributed by atoms with E-state index in [1.807, 2.05) is 18.2 Å². The van der Waals surface area contributed by atoms with E-state index in [1.165, 1.54) is 18.5 Å². The first kappa shape index (κ1) is 19.0. The van der Waals surface area contributed by atoms with Gasteiger partial charge in [-0.2, -0.15) is 0 Å². The number of anilines is 3. The number of rotatable bonds is 8.